The van der Waals surface area contributed by atoms with E-state index in [9.17, 15) is 19.2 Å². The van der Waals surface area contributed by atoms with E-state index < -0.39 is 46.5 Å². The van der Waals surface area contributed by atoms with Crippen LogP contribution < -0.4 is 15.5 Å². The highest BCUT2D eigenvalue weighted by molar-refractivity contribution is 6.11. The van der Waals surface area contributed by atoms with Gasteiger partial charge >= 0.3 is 5.97 Å². The summed E-state index contributed by atoms with van der Waals surface area (Å²) in [5.74, 6) is -3.19. The molecule has 36 heavy (non-hydrogen) atoms. The number of carbonyl (C=O) groups excluding carboxylic acids is 4. The summed E-state index contributed by atoms with van der Waals surface area (Å²) in [5.41, 5.74) is -2.25. The average Bonchev–Trinajstić information content (AvgIpc) is 3.40. The second kappa shape index (κ2) is 8.16. The van der Waals surface area contributed by atoms with Crippen LogP contribution in [-0.4, -0.2) is 59.1 Å². The molecule has 9 nitrogen and oxygen atoms in total. The maximum absolute atomic E-state index is 14.2. The number of carbonyl (C=O) groups is 4. The Labute approximate surface area is 210 Å². The first-order chi connectivity index (χ1) is 16.9. The maximum Gasteiger partial charge on any atom is 0.338 e. The first-order valence-corrected chi connectivity index (χ1v) is 12.5. The Morgan fingerprint density at radius 3 is 2.53 bits per heavy atom. The molecule has 2 N–H and O–H groups in total. The van der Waals surface area contributed by atoms with Gasteiger partial charge in [0, 0.05) is 17.3 Å². The highest BCUT2D eigenvalue weighted by Gasteiger charge is 2.76. The predicted octanol–water partition coefficient (Wildman–Crippen LogP) is 2.10. The van der Waals surface area contributed by atoms with Gasteiger partial charge in [-0.25, -0.2) is 4.79 Å². The molecular weight excluding hydrogens is 462 g/mol. The molecule has 5 atom stereocenters. The van der Waals surface area contributed by atoms with Crippen molar-refractivity contribution in [1.82, 2.24) is 10.6 Å². The van der Waals surface area contributed by atoms with Crippen LogP contribution in [-0.2, 0) is 23.9 Å². The van der Waals surface area contributed by atoms with Crippen LogP contribution in [0.5, 0.6) is 0 Å². The predicted molar refractivity (Wildman–Crippen MR) is 131 cm³/mol. The molecule has 192 valence electrons. The second-order valence-corrected chi connectivity index (χ2v) is 11.3. The van der Waals surface area contributed by atoms with Gasteiger partial charge in [0.25, 0.3) is 0 Å². The molecule has 3 fully saturated rings. The number of ether oxygens (including phenoxy) is 2. The fraction of sp³-hybridized carbons (Fsp3) is 0.556. The van der Waals surface area contributed by atoms with Crippen molar-refractivity contribution >= 4 is 29.4 Å². The van der Waals surface area contributed by atoms with E-state index in [0.29, 0.717) is 5.69 Å². The Morgan fingerprint density at radius 2 is 1.89 bits per heavy atom. The number of nitrogens with one attached hydrogen (secondary N) is 2. The summed E-state index contributed by atoms with van der Waals surface area (Å²) < 4.78 is 11.6. The lowest BCUT2D eigenvalue weighted by Crippen LogP contribution is -2.58. The standard InChI is InChI=1S/C27H33N3O6/c1-6-35-24(34)15-8-7-9-17(14-15)30-20(22(32)29-25(2,3)4)27-13-12-26(5,36-27)18(19(27)23(30)33)21(31)28-16-10-11-16/h7-9,12-14,16,18-20H,6,10-11H2,1-5H3,(H,28,31)(H,29,32)/t18-,19+,20-,26+,27+/m0/s1. The Morgan fingerprint density at radius 1 is 1.17 bits per heavy atom. The van der Waals surface area contributed by atoms with Gasteiger partial charge in [-0.1, -0.05) is 18.2 Å². The number of nitrogens with zero attached hydrogens (tertiary/aromatic N) is 1. The summed E-state index contributed by atoms with van der Waals surface area (Å²) in [4.78, 5) is 55.1. The minimum atomic E-state index is -1.31. The topological polar surface area (TPSA) is 114 Å². The lowest BCUT2D eigenvalue weighted by Gasteiger charge is -2.35. The van der Waals surface area contributed by atoms with Gasteiger partial charge in [0.05, 0.1) is 29.6 Å². The normalized spacial score (nSPS) is 32.4. The molecule has 0 unspecified atom stereocenters. The fourth-order valence-corrected chi connectivity index (χ4v) is 5.77. The van der Waals surface area contributed by atoms with Crippen molar-refractivity contribution < 1.29 is 28.7 Å². The highest BCUT2D eigenvalue weighted by Crippen LogP contribution is 2.60. The summed E-state index contributed by atoms with van der Waals surface area (Å²) in [7, 11) is 0. The maximum atomic E-state index is 14.2. The number of benzene rings is 1. The first-order valence-electron chi connectivity index (χ1n) is 12.5. The van der Waals surface area contributed by atoms with E-state index in [1.54, 1.807) is 44.2 Å². The van der Waals surface area contributed by atoms with Crippen molar-refractivity contribution in [3.8, 4) is 0 Å². The van der Waals surface area contributed by atoms with Crippen LogP contribution in [0.3, 0.4) is 0 Å². The van der Waals surface area contributed by atoms with E-state index in [1.165, 1.54) is 4.90 Å². The van der Waals surface area contributed by atoms with Gasteiger partial charge in [-0.3, -0.25) is 19.3 Å². The Balaban J connectivity index is 1.60. The third-order valence-corrected chi connectivity index (χ3v) is 7.29. The van der Waals surface area contributed by atoms with Gasteiger partial charge in [0.2, 0.25) is 17.7 Å². The molecule has 3 aliphatic heterocycles. The van der Waals surface area contributed by atoms with Gasteiger partial charge in [0.1, 0.15) is 11.6 Å². The first kappa shape index (κ1) is 24.5. The molecule has 0 aromatic heterocycles. The van der Waals surface area contributed by atoms with Gasteiger partial charge < -0.3 is 20.1 Å². The molecule has 1 aromatic carbocycles. The van der Waals surface area contributed by atoms with Crippen LogP contribution in [0.15, 0.2) is 36.4 Å². The summed E-state index contributed by atoms with van der Waals surface area (Å²) in [6, 6.07) is 5.51. The molecule has 9 heteroatoms. The molecular formula is C27H33N3O6. The molecule has 2 bridgehead atoms. The van der Waals surface area contributed by atoms with Crippen molar-refractivity contribution in [3.05, 3.63) is 42.0 Å². The second-order valence-electron chi connectivity index (χ2n) is 11.3. The van der Waals surface area contributed by atoms with Crippen molar-refractivity contribution in [2.45, 2.75) is 76.3 Å². The number of esters is 1. The number of hydrogen-bond donors (Lipinski definition) is 2. The van der Waals surface area contributed by atoms with Crippen molar-refractivity contribution in [2.75, 3.05) is 11.5 Å². The van der Waals surface area contributed by atoms with Crippen LogP contribution in [0.1, 0.15) is 57.8 Å². The zero-order valence-corrected chi connectivity index (χ0v) is 21.3. The van der Waals surface area contributed by atoms with Crippen molar-refractivity contribution in [2.24, 2.45) is 11.8 Å². The number of amides is 3. The van der Waals surface area contributed by atoms with Gasteiger partial charge in [0.15, 0.2) is 0 Å². The third kappa shape index (κ3) is 3.80. The SMILES string of the molecule is CCOC(=O)c1cccc(N2C(=O)[C@H]3[C@@H](C(=O)NC4CC4)[C@@]4(C)C=C[C@]3(O4)[C@@H]2C(=O)NC(C)(C)C)c1. The molecule has 0 radical (unpaired) electrons. The fourth-order valence-electron chi connectivity index (χ4n) is 5.77. The van der Waals surface area contributed by atoms with Gasteiger partial charge in [-0.2, -0.15) is 0 Å². The zero-order chi connectivity index (χ0) is 26.0. The van der Waals surface area contributed by atoms with Gasteiger partial charge in [-0.15, -0.1) is 0 Å². The van der Waals surface area contributed by atoms with Crippen LogP contribution in [0, 0.1) is 11.8 Å². The monoisotopic (exact) mass is 495 g/mol. The Hall–Kier alpha value is -3.20. The molecule has 1 aliphatic carbocycles. The Bertz CT molecular complexity index is 1170. The van der Waals surface area contributed by atoms with E-state index >= 15 is 0 Å². The number of anilines is 1. The molecule has 1 aromatic rings. The van der Waals surface area contributed by atoms with E-state index in [-0.39, 0.29) is 30.0 Å². The lowest BCUT2D eigenvalue weighted by molar-refractivity contribution is -0.134. The average molecular weight is 496 g/mol. The van der Waals surface area contributed by atoms with Gasteiger partial charge in [-0.05, 0) is 65.7 Å². The summed E-state index contributed by atoms with van der Waals surface area (Å²) >= 11 is 0. The van der Waals surface area contributed by atoms with Crippen LogP contribution in [0.4, 0.5) is 5.69 Å². The molecule has 2 saturated heterocycles. The molecule has 5 rings (SSSR count). The molecule has 4 aliphatic rings. The zero-order valence-electron chi connectivity index (χ0n) is 21.3. The van der Waals surface area contributed by atoms with Crippen LogP contribution in [0.2, 0.25) is 0 Å². The van der Waals surface area contributed by atoms with Crippen LogP contribution >= 0.6 is 0 Å². The smallest absolute Gasteiger partial charge is 0.338 e. The highest BCUT2D eigenvalue weighted by atomic mass is 16.5. The Kier molecular flexibility index (Phi) is 5.55. The summed E-state index contributed by atoms with van der Waals surface area (Å²) in [5, 5.41) is 6.01. The molecule has 3 amide bonds. The molecule has 3 heterocycles. The van der Waals surface area contributed by atoms with Crippen molar-refractivity contribution in [3.63, 3.8) is 0 Å². The summed E-state index contributed by atoms with van der Waals surface area (Å²) in [6.45, 7) is 9.30. The van der Waals surface area contributed by atoms with E-state index in [2.05, 4.69) is 10.6 Å². The molecule has 1 spiro atoms. The minimum absolute atomic E-state index is 0.119. The lowest BCUT2D eigenvalue weighted by atomic mass is 9.70. The number of hydrogen-bond acceptors (Lipinski definition) is 6. The summed E-state index contributed by atoms with van der Waals surface area (Å²) in [6.07, 6.45) is 5.42. The quantitative estimate of drug-likeness (QED) is 0.462. The van der Waals surface area contributed by atoms with E-state index in [1.807, 2.05) is 26.8 Å². The van der Waals surface area contributed by atoms with Crippen LogP contribution in [0.25, 0.3) is 0 Å². The largest absolute Gasteiger partial charge is 0.462 e. The third-order valence-electron chi connectivity index (χ3n) is 7.29. The van der Waals surface area contributed by atoms with E-state index in [0.717, 1.165) is 12.8 Å². The van der Waals surface area contributed by atoms with Crippen molar-refractivity contribution in [1.29, 1.82) is 0 Å². The molecule has 1 saturated carbocycles. The minimum Gasteiger partial charge on any atom is -0.462 e. The van der Waals surface area contributed by atoms with E-state index in [4.69, 9.17) is 9.47 Å². The number of rotatable bonds is 6. The number of fused-ring (bicyclic) bond motifs is 1.